The number of hydrogen-bond donors (Lipinski definition) is 1. The van der Waals surface area contributed by atoms with Crippen LogP contribution in [0.5, 0.6) is 5.75 Å². The first-order valence-electron chi connectivity index (χ1n) is 5.17. The van der Waals surface area contributed by atoms with Crippen LogP contribution in [0.2, 0.25) is 0 Å². The second kappa shape index (κ2) is 5.53. The molecule has 78 valence electrons. The lowest BCUT2D eigenvalue weighted by Crippen LogP contribution is -2.14. The Kier molecular flexibility index (Phi) is 4.30. The molecular formula is C12H19NO. The fourth-order valence-electron chi connectivity index (χ4n) is 1.53. The molecule has 0 saturated heterocycles. The van der Waals surface area contributed by atoms with Crippen LogP contribution in [-0.4, -0.2) is 13.2 Å². The average Bonchev–Trinajstić information content (AvgIpc) is 2.19. The molecule has 1 aromatic rings. The van der Waals surface area contributed by atoms with Crippen LogP contribution in [0.1, 0.15) is 26.7 Å². The van der Waals surface area contributed by atoms with E-state index in [0.29, 0.717) is 6.04 Å². The van der Waals surface area contributed by atoms with Crippen LogP contribution in [-0.2, 0) is 0 Å². The Balaban J connectivity index is 2.65. The molecular weight excluding hydrogens is 174 g/mol. The van der Waals surface area contributed by atoms with E-state index < -0.39 is 0 Å². The molecule has 0 spiro atoms. The quantitative estimate of drug-likeness (QED) is 0.774. The fourth-order valence-corrected chi connectivity index (χ4v) is 1.53. The minimum atomic E-state index is 0.497. The smallest absolute Gasteiger partial charge is 0.141 e. The third kappa shape index (κ3) is 2.95. The van der Waals surface area contributed by atoms with Crippen LogP contribution in [0.25, 0.3) is 0 Å². The van der Waals surface area contributed by atoms with Gasteiger partial charge in [0.1, 0.15) is 5.75 Å². The summed E-state index contributed by atoms with van der Waals surface area (Å²) >= 11 is 0. The van der Waals surface area contributed by atoms with E-state index in [1.165, 1.54) is 12.8 Å². The molecule has 1 aromatic carbocycles. The first kappa shape index (κ1) is 10.9. The van der Waals surface area contributed by atoms with Crippen LogP contribution >= 0.6 is 0 Å². The number of anilines is 1. The third-order valence-electron chi connectivity index (χ3n) is 2.23. The van der Waals surface area contributed by atoms with E-state index in [4.69, 9.17) is 4.74 Å². The number of methoxy groups -OCH3 is 1. The summed E-state index contributed by atoms with van der Waals surface area (Å²) in [6, 6.07) is 8.51. The van der Waals surface area contributed by atoms with Gasteiger partial charge in [0, 0.05) is 6.04 Å². The molecule has 1 atom stereocenters. The Bertz CT molecular complexity index is 273. The predicted octanol–water partition coefficient (Wildman–Crippen LogP) is 3.30. The largest absolute Gasteiger partial charge is 0.495 e. The zero-order valence-corrected chi connectivity index (χ0v) is 9.21. The molecule has 0 aliphatic carbocycles. The zero-order valence-electron chi connectivity index (χ0n) is 9.21. The van der Waals surface area contributed by atoms with E-state index in [1.54, 1.807) is 7.11 Å². The van der Waals surface area contributed by atoms with Gasteiger partial charge in [0.15, 0.2) is 0 Å². The molecule has 0 aliphatic heterocycles. The molecule has 1 rings (SSSR count). The summed E-state index contributed by atoms with van der Waals surface area (Å²) < 4.78 is 5.26. The number of hydrogen-bond acceptors (Lipinski definition) is 2. The van der Waals surface area contributed by atoms with E-state index in [0.717, 1.165) is 11.4 Å². The molecule has 0 radical (unpaired) electrons. The first-order chi connectivity index (χ1) is 6.77. The third-order valence-corrected chi connectivity index (χ3v) is 2.23. The Labute approximate surface area is 86.3 Å². The van der Waals surface area contributed by atoms with Gasteiger partial charge in [0.25, 0.3) is 0 Å². The molecule has 1 N–H and O–H groups in total. The van der Waals surface area contributed by atoms with Crippen molar-refractivity contribution in [1.29, 1.82) is 0 Å². The second-order valence-corrected chi connectivity index (χ2v) is 3.53. The molecule has 0 saturated carbocycles. The van der Waals surface area contributed by atoms with E-state index in [1.807, 2.05) is 24.3 Å². The van der Waals surface area contributed by atoms with Crippen molar-refractivity contribution in [2.45, 2.75) is 32.7 Å². The number of ether oxygens (including phenoxy) is 1. The summed E-state index contributed by atoms with van der Waals surface area (Å²) in [5.41, 5.74) is 1.08. The summed E-state index contributed by atoms with van der Waals surface area (Å²) in [6.07, 6.45) is 2.38. The van der Waals surface area contributed by atoms with E-state index >= 15 is 0 Å². The molecule has 0 bridgehead atoms. The molecule has 0 fully saturated rings. The highest BCUT2D eigenvalue weighted by molar-refractivity contribution is 5.56. The summed E-state index contributed by atoms with van der Waals surface area (Å²) in [7, 11) is 1.70. The lowest BCUT2D eigenvalue weighted by molar-refractivity contribution is 0.416. The number of para-hydroxylation sites is 2. The summed E-state index contributed by atoms with van der Waals surface area (Å²) in [6.45, 7) is 4.39. The minimum Gasteiger partial charge on any atom is -0.495 e. The van der Waals surface area contributed by atoms with Crippen LogP contribution in [0.4, 0.5) is 5.69 Å². The van der Waals surface area contributed by atoms with Crippen molar-refractivity contribution in [3.8, 4) is 5.75 Å². The van der Waals surface area contributed by atoms with Gasteiger partial charge in [0.2, 0.25) is 0 Å². The van der Waals surface area contributed by atoms with Gasteiger partial charge in [-0.1, -0.05) is 25.5 Å². The Hall–Kier alpha value is -1.18. The molecule has 0 heterocycles. The van der Waals surface area contributed by atoms with Gasteiger partial charge < -0.3 is 10.1 Å². The van der Waals surface area contributed by atoms with Gasteiger partial charge in [-0.15, -0.1) is 0 Å². The average molecular weight is 193 g/mol. The van der Waals surface area contributed by atoms with Crippen molar-refractivity contribution in [2.75, 3.05) is 12.4 Å². The highest BCUT2D eigenvalue weighted by Gasteiger charge is 2.04. The lowest BCUT2D eigenvalue weighted by atomic mass is 10.2. The van der Waals surface area contributed by atoms with Crippen molar-refractivity contribution in [3.63, 3.8) is 0 Å². The van der Waals surface area contributed by atoms with Gasteiger partial charge >= 0.3 is 0 Å². The monoisotopic (exact) mass is 193 g/mol. The van der Waals surface area contributed by atoms with Crippen molar-refractivity contribution >= 4 is 5.69 Å². The van der Waals surface area contributed by atoms with Crippen LogP contribution in [0.15, 0.2) is 24.3 Å². The molecule has 2 heteroatoms. The highest BCUT2D eigenvalue weighted by atomic mass is 16.5. The molecule has 0 unspecified atom stereocenters. The fraction of sp³-hybridized carbons (Fsp3) is 0.500. The highest BCUT2D eigenvalue weighted by Crippen LogP contribution is 2.24. The van der Waals surface area contributed by atoms with Gasteiger partial charge in [-0.05, 0) is 25.5 Å². The number of rotatable bonds is 5. The van der Waals surface area contributed by atoms with Gasteiger partial charge in [-0.2, -0.15) is 0 Å². The Morgan fingerprint density at radius 3 is 2.71 bits per heavy atom. The maximum absolute atomic E-state index is 5.26. The Morgan fingerprint density at radius 2 is 2.07 bits per heavy atom. The predicted molar refractivity (Wildman–Crippen MR) is 61.0 cm³/mol. The molecule has 14 heavy (non-hydrogen) atoms. The summed E-state index contributed by atoms with van der Waals surface area (Å²) in [5, 5.41) is 3.44. The Morgan fingerprint density at radius 1 is 1.36 bits per heavy atom. The zero-order chi connectivity index (χ0) is 10.4. The van der Waals surface area contributed by atoms with Crippen molar-refractivity contribution in [2.24, 2.45) is 0 Å². The molecule has 0 aromatic heterocycles. The van der Waals surface area contributed by atoms with Crippen molar-refractivity contribution in [3.05, 3.63) is 24.3 Å². The maximum Gasteiger partial charge on any atom is 0.141 e. The van der Waals surface area contributed by atoms with Crippen molar-refractivity contribution < 1.29 is 4.74 Å². The van der Waals surface area contributed by atoms with Gasteiger partial charge in [-0.25, -0.2) is 0 Å². The number of nitrogens with one attached hydrogen (secondary N) is 1. The SMILES string of the molecule is CCC[C@@H](C)Nc1ccccc1OC. The number of benzene rings is 1. The summed E-state index contributed by atoms with van der Waals surface area (Å²) in [4.78, 5) is 0. The van der Waals surface area contributed by atoms with E-state index in [2.05, 4.69) is 19.2 Å². The normalized spacial score (nSPS) is 12.2. The summed E-state index contributed by atoms with van der Waals surface area (Å²) in [5.74, 6) is 0.912. The molecule has 0 aliphatic rings. The van der Waals surface area contributed by atoms with E-state index in [9.17, 15) is 0 Å². The standard InChI is InChI=1S/C12H19NO/c1-4-7-10(2)13-11-8-5-6-9-12(11)14-3/h5-6,8-10,13H,4,7H2,1-3H3/t10-/m1/s1. The maximum atomic E-state index is 5.26. The topological polar surface area (TPSA) is 21.3 Å². The van der Waals surface area contributed by atoms with Crippen LogP contribution in [0, 0.1) is 0 Å². The molecule has 2 nitrogen and oxygen atoms in total. The minimum absolute atomic E-state index is 0.497. The van der Waals surface area contributed by atoms with Crippen molar-refractivity contribution in [1.82, 2.24) is 0 Å². The first-order valence-corrected chi connectivity index (χ1v) is 5.17. The lowest BCUT2D eigenvalue weighted by Gasteiger charge is -2.16. The second-order valence-electron chi connectivity index (χ2n) is 3.53. The van der Waals surface area contributed by atoms with Gasteiger partial charge in [-0.3, -0.25) is 0 Å². The van der Waals surface area contributed by atoms with E-state index in [-0.39, 0.29) is 0 Å². The van der Waals surface area contributed by atoms with Crippen LogP contribution < -0.4 is 10.1 Å². The van der Waals surface area contributed by atoms with Crippen LogP contribution in [0.3, 0.4) is 0 Å². The van der Waals surface area contributed by atoms with Gasteiger partial charge in [0.05, 0.1) is 12.8 Å². The molecule has 0 amide bonds.